The van der Waals surface area contributed by atoms with E-state index in [1.54, 1.807) is 0 Å². The molecule has 0 radical (unpaired) electrons. The maximum Gasteiger partial charge on any atom is 0.207 e. The molecule has 0 unspecified atom stereocenters. The Hall–Kier alpha value is -3.22. The lowest BCUT2D eigenvalue weighted by atomic mass is 10.0. The number of likely N-dealkylation sites (tertiary alicyclic amines) is 1. The molecule has 0 bridgehead atoms. The number of hydrogen-bond acceptors (Lipinski definition) is 5. The molecule has 1 aromatic heterocycles. The van der Waals surface area contributed by atoms with E-state index in [0.29, 0.717) is 28.4 Å². The van der Waals surface area contributed by atoms with Crippen LogP contribution in [0.15, 0.2) is 66.7 Å². The zero-order valence-corrected chi connectivity index (χ0v) is 22.2. The van der Waals surface area contributed by atoms with E-state index in [0.717, 1.165) is 59.4 Å². The molecule has 1 aliphatic heterocycles. The molecule has 0 N–H and O–H groups in total. The minimum absolute atomic E-state index is 0.0221. The van der Waals surface area contributed by atoms with Crippen molar-refractivity contribution in [2.45, 2.75) is 39.2 Å². The van der Waals surface area contributed by atoms with Crippen molar-refractivity contribution < 1.29 is 18.7 Å². The molecule has 3 aromatic carbocycles. The second kappa shape index (κ2) is 11.4. The fourth-order valence-corrected chi connectivity index (χ4v) is 5.85. The molecule has 1 aliphatic rings. The van der Waals surface area contributed by atoms with E-state index in [2.05, 4.69) is 17.9 Å². The van der Waals surface area contributed by atoms with Gasteiger partial charge >= 0.3 is 0 Å². The fourth-order valence-electron chi connectivity index (χ4n) is 4.66. The highest BCUT2D eigenvalue weighted by Gasteiger charge is 2.28. The molecule has 37 heavy (non-hydrogen) atoms. The van der Waals surface area contributed by atoms with Gasteiger partial charge in [0.05, 0.1) is 6.67 Å². The standard InChI is InChI=1S/C31H32FNO3S/c1-21-10-15-27-28(18-21)37-31(29(34)26-9-5-4-8-22(26)2)30(27)36-24-13-11-23(12-14-24)35-25-19-33(20-25)17-7-3-6-16-32/h4-5,8-15,18,25H,3,6-7,16-17,19-20H2,1-2H3. The van der Waals surface area contributed by atoms with Crippen LogP contribution < -0.4 is 9.47 Å². The summed E-state index contributed by atoms with van der Waals surface area (Å²) in [4.78, 5) is 16.5. The van der Waals surface area contributed by atoms with Crippen molar-refractivity contribution in [3.05, 3.63) is 88.3 Å². The van der Waals surface area contributed by atoms with E-state index in [9.17, 15) is 9.18 Å². The first-order chi connectivity index (χ1) is 18.0. The van der Waals surface area contributed by atoms with E-state index in [1.807, 2.05) is 67.6 Å². The van der Waals surface area contributed by atoms with Crippen LogP contribution in [-0.2, 0) is 0 Å². The number of halogens is 1. The number of aryl methyl sites for hydroxylation is 2. The summed E-state index contributed by atoms with van der Waals surface area (Å²) in [5.41, 5.74) is 2.78. The number of nitrogens with zero attached hydrogens (tertiary/aromatic N) is 1. The SMILES string of the molecule is Cc1ccc2c(Oc3ccc(OC4CN(CCCCCF)C4)cc3)c(C(=O)c3ccccc3C)sc2c1. The molecule has 0 saturated carbocycles. The number of ether oxygens (including phenoxy) is 2. The van der Waals surface area contributed by atoms with Crippen LogP contribution in [0.1, 0.15) is 45.6 Å². The average Bonchev–Trinajstić information content (AvgIpc) is 3.22. The number of carbonyl (C=O) groups excluding carboxylic acids is 1. The molecule has 1 fully saturated rings. The number of thiophene rings is 1. The van der Waals surface area contributed by atoms with E-state index >= 15 is 0 Å². The van der Waals surface area contributed by atoms with Crippen molar-refractivity contribution in [1.29, 1.82) is 0 Å². The number of fused-ring (bicyclic) bond motifs is 1. The topological polar surface area (TPSA) is 38.8 Å². The molecular formula is C31H32FNO3S. The zero-order valence-electron chi connectivity index (χ0n) is 21.3. The Kier molecular flexibility index (Phi) is 7.87. The Morgan fingerprint density at radius 2 is 1.73 bits per heavy atom. The van der Waals surface area contributed by atoms with Crippen LogP contribution in [0.3, 0.4) is 0 Å². The van der Waals surface area contributed by atoms with Gasteiger partial charge in [-0.15, -0.1) is 11.3 Å². The zero-order chi connectivity index (χ0) is 25.8. The maximum atomic E-state index is 13.6. The first kappa shape index (κ1) is 25.4. The highest BCUT2D eigenvalue weighted by atomic mass is 32.1. The van der Waals surface area contributed by atoms with E-state index in [4.69, 9.17) is 9.47 Å². The molecular weight excluding hydrogens is 485 g/mol. The highest BCUT2D eigenvalue weighted by molar-refractivity contribution is 7.21. The number of hydrogen-bond donors (Lipinski definition) is 0. The first-order valence-corrected chi connectivity index (χ1v) is 13.7. The van der Waals surface area contributed by atoms with Crippen LogP contribution in [0.4, 0.5) is 4.39 Å². The molecule has 2 heterocycles. The summed E-state index contributed by atoms with van der Waals surface area (Å²) in [6.45, 7) is 6.59. The van der Waals surface area contributed by atoms with Crippen molar-refractivity contribution in [3.8, 4) is 17.2 Å². The predicted octanol–water partition coefficient (Wildman–Crippen LogP) is 7.74. The van der Waals surface area contributed by atoms with Crippen molar-refractivity contribution in [3.63, 3.8) is 0 Å². The third kappa shape index (κ3) is 5.86. The lowest BCUT2D eigenvalue weighted by Crippen LogP contribution is -2.53. The second-order valence-electron chi connectivity index (χ2n) is 9.73. The van der Waals surface area contributed by atoms with Gasteiger partial charge in [0.2, 0.25) is 5.78 Å². The molecule has 0 atom stereocenters. The number of benzene rings is 3. The fraction of sp³-hybridized carbons (Fsp3) is 0.323. The Bertz CT molecular complexity index is 1380. The summed E-state index contributed by atoms with van der Waals surface area (Å²) < 4.78 is 25.7. The van der Waals surface area contributed by atoms with Gasteiger partial charge < -0.3 is 9.47 Å². The quantitative estimate of drug-likeness (QED) is 0.151. The van der Waals surface area contributed by atoms with Gasteiger partial charge in [0.1, 0.15) is 22.5 Å². The van der Waals surface area contributed by atoms with Crippen molar-refractivity contribution in [2.75, 3.05) is 26.3 Å². The largest absolute Gasteiger partial charge is 0.488 e. The molecule has 5 rings (SSSR count). The van der Waals surface area contributed by atoms with Gasteiger partial charge in [0.25, 0.3) is 0 Å². The van der Waals surface area contributed by atoms with Gasteiger partial charge in [-0.3, -0.25) is 14.1 Å². The maximum absolute atomic E-state index is 13.6. The molecule has 4 aromatic rings. The van der Waals surface area contributed by atoms with Crippen molar-refractivity contribution in [1.82, 2.24) is 4.90 Å². The summed E-state index contributed by atoms with van der Waals surface area (Å²) in [5, 5.41) is 0.939. The summed E-state index contributed by atoms with van der Waals surface area (Å²) in [7, 11) is 0. The summed E-state index contributed by atoms with van der Waals surface area (Å²) in [5.74, 6) is 2.04. The Labute approximate surface area is 221 Å². The van der Waals surface area contributed by atoms with Crippen LogP contribution in [0.2, 0.25) is 0 Å². The average molecular weight is 518 g/mol. The van der Waals surface area contributed by atoms with Crippen LogP contribution in [0, 0.1) is 13.8 Å². The van der Waals surface area contributed by atoms with E-state index in [-0.39, 0.29) is 18.6 Å². The number of ketones is 1. The summed E-state index contributed by atoms with van der Waals surface area (Å²) in [6.07, 6.45) is 2.81. The van der Waals surface area contributed by atoms with Gasteiger partial charge in [-0.25, -0.2) is 0 Å². The second-order valence-corrected chi connectivity index (χ2v) is 10.8. The molecule has 6 heteroatoms. The van der Waals surface area contributed by atoms with Crippen LogP contribution in [-0.4, -0.2) is 43.1 Å². The molecule has 1 saturated heterocycles. The van der Waals surface area contributed by atoms with Gasteiger partial charge in [-0.05, 0) is 87.2 Å². The predicted molar refractivity (Wildman–Crippen MR) is 148 cm³/mol. The van der Waals surface area contributed by atoms with Gasteiger partial charge in [-0.1, -0.05) is 30.3 Å². The summed E-state index contributed by atoms with van der Waals surface area (Å²) in [6, 6.07) is 21.5. The minimum atomic E-state index is -0.224. The minimum Gasteiger partial charge on any atom is -0.488 e. The van der Waals surface area contributed by atoms with Crippen molar-refractivity contribution >= 4 is 27.2 Å². The van der Waals surface area contributed by atoms with Crippen LogP contribution >= 0.6 is 11.3 Å². The molecule has 4 nitrogen and oxygen atoms in total. The number of unbranched alkanes of at least 4 members (excludes halogenated alkanes) is 2. The van der Waals surface area contributed by atoms with E-state index in [1.165, 1.54) is 11.3 Å². The number of rotatable bonds is 11. The lowest BCUT2D eigenvalue weighted by molar-refractivity contribution is 0.0190. The van der Waals surface area contributed by atoms with Gasteiger partial charge in [0, 0.05) is 28.7 Å². The normalized spacial score (nSPS) is 14.0. The van der Waals surface area contributed by atoms with Crippen LogP contribution in [0.5, 0.6) is 17.2 Å². The van der Waals surface area contributed by atoms with Crippen LogP contribution in [0.25, 0.3) is 10.1 Å². The third-order valence-corrected chi connectivity index (χ3v) is 7.91. The molecule has 192 valence electrons. The van der Waals surface area contributed by atoms with E-state index < -0.39 is 0 Å². The number of carbonyl (C=O) groups is 1. The Morgan fingerprint density at radius 3 is 2.49 bits per heavy atom. The third-order valence-electron chi connectivity index (χ3n) is 6.77. The van der Waals surface area contributed by atoms with Crippen molar-refractivity contribution in [2.24, 2.45) is 0 Å². The smallest absolute Gasteiger partial charge is 0.207 e. The molecule has 0 amide bonds. The number of alkyl halides is 1. The highest BCUT2D eigenvalue weighted by Crippen LogP contribution is 2.42. The van der Waals surface area contributed by atoms with Gasteiger partial charge in [0.15, 0.2) is 5.75 Å². The summed E-state index contributed by atoms with van der Waals surface area (Å²) >= 11 is 1.48. The monoisotopic (exact) mass is 517 g/mol. The van der Waals surface area contributed by atoms with Gasteiger partial charge in [-0.2, -0.15) is 0 Å². The Morgan fingerprint density at radius 1 is 0.973 bits per heavy atom. The first-order valence-electron chi connectivity index (χ1n) is 12.9. The molecule has 0 aliphatic carbocycles. The molecule has 0 spiro atoms. The Balaban J connectivity index is 1.29. The lowest BCUT2D eigenvalue weighted by Gasteiger charge is -2.39.